The van der Waals surface area contributed by atoms with Gasteiger partial charge in [0.15, 0.2) is 11.4 Å². The molecule has 1 aliphatic heterocycles. The number of nitrogens with two attached hydrogens (primary N) is 1. The van der Waals surface area contributed by atoms with Crippen molar-refractivity contribution in [2.75, 3.05) is 53.5 Å². The SMILES string of the molecule is CN(C)[C@@H]1C(O)=C(C(N)=O)C(=O)[C@@]2(O)C(O)=C3C(=O)c4c(O)ccc(-c5cccc(C(=O)NCCN6CCOCC6)c5)c4CC3CC12. The molecule has 0 aromatic heterocycles. The number of fused-ring (bicyclic) bond motifs is 3. The number of allylic oxidation sites excluding steroid dienone is 1. The van der Waals surface area contributed by atoms with Crippen molar-refractivity contribution in [2.24, 2.45) is 17.6 Å². The van der Waals surface area contributed by atoms with E-state index in [0.717, 1.165) is 13.1 Å². The summed E-state index contributed by atoms with van der Waals surface area (Å²) in [6, 6.07) is 8.84. The molecule has 0 saturated carbocycles. The highest BCUT2D eigenvalue weighted by Gasteiger charge is 2.63. The number of morpholine rings is 1. The first-order chi connectivity index (χ1) is 22.4. The fourth-order valence-electron chi connectivity index (χ4n) is 7.60. The average molecular weight is 647 g/mol. The summed E-state index contributed by atoms with van der Waals surface area (Å²) in [5.74, 6) is -7.33. The van der Waals surface area contributed by atoms with Crippen LogP contribution in [-0.2, 0) is 20.7 Å². The third kappa shape index (κ3) is 5.28. The van der Waals surface area contributed by atoms with Crippen molar-refractivity contribution in [1.82, 2.24) is 15.1 Å². The maximum atomic E-state index is 14.1. The summed E-state index contributed by atoms with van der Waals surface area (Å²) in [5, 5.41) is 48.1. The minimum absolute atomic E-state index is 0.0214. The molecule has 1 fully saturated rings. The minimum Gasteiger partial charge on any atom is -0.510 e. The van der Waals surface area contributed by atoms with Crippen LogP contribution in [0.3, 0.4) is 0 Å². The Morgan fingerprint density at radius 3 is 2.51 bits per heavy atom. The van der Waals surface area contributed by atoms with E-state index in [2.05, 4.69) is 10.2 Å². The number of carbonyl (C=O) groups excluding carboxylic acids is 4. The first-order valence-corrected chi connectivity index (χ1v) is 15.5. The van der Waals surface area contributed by atoms with Crippen LogP contribution in [0, 0.1) is 11.8 Å². The van der Waals surface area contributed by atoms with Gasteiger partial charge < -0.3 is 36.2 Å². The number of phenolic OH excluding ortho intramolecular Hbond substituents is 1. The molecule has 0 spiro atoms. The Balaban J connectivity index is 1.35. The largest absolute Gasteiger partial charge is 0.510 e. The van der Waals surface area contributed by atoms with E-state index in [1.165, 1.54) is 11.0 Å². The molecule has 47 heavy (non-hydrogen) atoms. The van der Waals surface area contributed by atoms with Crippen LogP contribution in [0.25, 0.3) is 11.1 Å². The van der Waals surface area contributed by atoms with Crippen molar-refractivity contribution >= 4 is 23.4 Å². The van der Waals surface area contributed by atoms with Crippen molar-refractivity contribution in [3.05, 3.63) is 75.8 Å². The highest BCUT2D eigenvalue weighted by Crippen LogP contribution is 2.53. The van der Waals surface area contributed by atoms with E-state index in [1.54, 1.807) is 44.4 Å². The van der Waals surface area contributed by atoms with Crippen molar-refractivity contribution in [2.45, 2.75) is 24.5 Å². The number of aliphatic hydroxyl groups is 3. The van der Waals surface area contributed by atoms with Crippen molar-refractivity contribution in [3.63, 3.8) is 0 Å². The van der Waals surface area contributed by atoms with Crippen LogP contribution in [0.4, 0.5) is 0 Å². The van der Waals surface area contributed by atoms with Gasteiger partial charge in [0.2, 0.25) is 5.78 Å². The summed E-state index contributed by atoms with van der Waals surface area (Å²) in [6.45, 7) is 4.11. The number of Topliss-reactive ketones (excluding diaryl/α,β-unsaturated/α-hetero) is 2. The zero-order chi connectivity index (χ0) is 33.8. The number of hydrogen-bond donors (Lipinski definition) is 6. The highest BCUT2D eigenvalue weighted by atomic mass is 16.5. The molecular formula is C34H38N4O9. The number of phenols is 1. The second-order valence-electron chi connectivity index (χ2n) is 12.7. The highest BCUT2D eigenvalue weighted by molar-refractivity contribution is 6.25. The number of aromatic hydroxyl groups is 1. The van der Waals surface area contributed by atoms with E-state index in [4.69, 9.17) is 10.5 Å². The number of hydrogen-bond acceptors (Lipinski definition) is 11. The van der Waals surface area contributed by atoms with Crippen molar-refractivity contribution in [1.29, 1.82) is 0 Å². The zero-order valence-electron chi connectivity index (χ0n) is 26.2. The van der Waals surface area contributed by atoms with Gasteiger partial charge in [-0.25, -0.2) is 0 Å². The number of nitrogens with one attached hydrogen (secondary N) is 1. The van der Waals surface area contributed by atoms with Gasteiger partial charge in [-0.2, -0.15) is 0 Å². The van der Waals surface area contributed by atoms with Crippen LogP contribution in [0.1, 0.15) is 32.7 Å². The Morgan fingerprint density at radius 2 is 1.83 bits per heavy atom. The Kier molecular flexibility index (Phi) is 8.43. The van der Waals surface area contributed by atoms with Crippen LogP contribution in [0.2, 0.25) is 0 Å². The van der Waals surface area contributed by atoms with Crippen LogP contribution in [0.5, 0.6) is 5.75 Å². The topological polar surface area (TPSA) is 203 Å². The van der Waals surface area contributed by atoms with E-state index in [9.17, 15) is 39.6 Å². The van der Waals surface area contributed by atoms with E-state index in [-0.39, 0.29) is 35.6 Å². The number of aliphatic hydroxyl groups excluding tert-OH is 2. The molecule has 2 aromatic carbocycles. The number of amides is 2. The number of benzene rings is 2. The molecule has 0 bridgehead atoms. The number of likely N-dealkylation sites (N-methyl/N-ethyl adjacent to an activating group) is 1. The number of primary amides is 1. The standard InChI is InChI=1S/C34H38N4O9/c1-37(2)27-22-16-19-15-21-20(17-4-3-5-18(14-17)33(45)36-8-9-38-10-12-47-13-11-38)6-7-23(39)25(21)28(40)24(19)30(42)34(22,46)31(43)26(29(27)41)32(35)44/h3-7,14,19,22,27,39,41-42,46H,8-13,15-16H2,1-2H3,(H2,35,44)(H,36,45)/t19?,22?,27-,34-/m0/s1. The first-order valence-electron chi connectivity index (χ1n) is 15.5. The number of nitrogens with zero attached hydrogens (tertiary/aromatic N) is 2. The maximum Gasteiger partial charge on any atom is 0.255 e. The summed E-state index contributed by atoms with van der Waals surface area (Å²) in [5.41, 5.74) is 3.63. The summed E-state index contributed by atoms with van der Waals surface area (Å²) in [6.07, 6.45) is 0.112. The molecule has 2 unspecified atom stereocenters. The van der Waals surface area contributed by atoms with E-state index < -0.39 is 58.0 Å². The van der Waals surface area contributed by atoms with E-state index in [0.29, 0.717) is 48.6 Å². The maximum absolute atomic E-state index is 14.1. The van der Waals surface area contributed by atoms with Crippen LogP contribution >= 0.6 is 0 Å². The van der Waals surface area contributed by atoms with Gasteiger partial charge in [0.25, 0.3) is 11.8 Å². The Hall–Kier alpha value is -4.56. The lowest BCUT2D eigenvalue weighted by atomic mass is 9.58. The van der Waals surface area contributed by atoms with E-state index in [1.807, 2.05) is 0 Å². The fourth-order valence-corrected chi connectivity index (χ4v) is 7.60. The fraction of sp³-hybridized carbons (Fsp3) is 0.412. The molecule has 13 nitrogen and oxygen atoms in total. The van der Waals surface area contributed by atoms with Crippen LogP contribution in [0.15, 0.2) is 59.1 Å². The van der Waals surface area contributed by atoms with E-state index >= 15 is 0 Å². The third-order valence-corrected chi connectivity index (χ3v) is 9.86. The smallest absolute Gasteiger partial charge is 0.255 e. The lowest BCUT2D eigenvalue weighted by Gasteiger charge is -2.50. The van der Waals surface area contributed by atoms with Gasteiger partial charge in [-0.3, -0.25) is 29.0 Å². The van der Waals surface area contributed by atoms with Gasteiger partial charge >= 0.3 is 0 Å². The molecule has 4 atom stereocenters. The number of carbonyl (C=O) groups is 4. The second-order valence-corrected chi connectivity index (χ2v) is 12.7. The molecule has 2 amide bonds. The summed E-state index contributed by atoms with van der Waals surface area (Å²) >= 11 is 0. The summed E-state index contributed by atoms with van der Waals surface area (Å²) < 4.78 is 5.37. The monoisotopic (exact) mass is 646 g/mol. The van der Waals surface area contributed by atoms with Gasteiger partial charge in [-0.1, -0.05) is 18.2 Å². The van der Waals surface area contributed by atoms with Crippen LogP contribution < -0.4 is 11.1 Å². The van der Waals surface area contributed by atoms with Gasteiger partial charge in [0.1, 0.15) is 22.8 Å². The summed E-state index contributed by atoms with van der Waals surface area (Å²) in [7, 11) is 3.16. The average Bonchev–Trinajstić information content (AvgIpc) is 3.03. The Morgan fingerprint density at radius 1 is 1.11 bits per heavy atom. The lowest BCUT2D eigenvalue weighted by molar-refractivity contribution is -0.148. The van der Waals surface area contributed by atoms with Crippen LogP contribution in [-0.4, -0.2) is 119 Å². The minimum atomic E-state index is -2.71. The normalized spacial score (nSPS) is 26.2. The van der Waals surface area contributed by atoms with Gasteiger partial charge in [0.05, 0.1) is 24.8 Å². The molecule has 2 aromatic rings. The van der Waals surface area contributed by atoms with Gasteiger partial charge in [0, 0.05) is 43.2 Å². The van der Waals surface area contributed by atoms with Crippen molar-refractivity contribution < 1.29 is 44.3 Å². The molecule has 13 heteroatoms. The number of ether oxygens (including phenoxy) is 1. The zero-order valence-corrected chi connectivity index (χ0v) is 26.2. The molecule has 1 heterocycles. The Labute approximate surface area is 270 Å². The molecule has 0 radical (unpaired) electrons. The number of ketones is 2. The van der Waals surface area contributed by atoms with Gasteiger partial charge in [-0.15, -0.1) is 0 Å². The molecular weight excluding hydrogens is 608 g/mol. The lowest BCUT2D eigenvalue weighted by Crippen LogP contribution is -2.63. The molecule has 6 rings (SSSR count). The summed E-state index contributed by atoms with van der Waals surface area (Å²) in [4.78, 5) is 56.6. The quantitative estimate of drug-likeness (QED) is 0.233. The predicted molar refractivity (Wildman–Crippen MR) is 169 cm³/mol. The predicted octanol–water partition coefficient (Wildman–Crippen LogP) is 0.850. The molecule has 4 aliphatic rings. The number of rotatable bonds is 7. The first kappa shape index (κ1) is 32.4. The molecule has 3 aliphatic carbocycles. The second kappa shape index (κ2) is 12.2. The molecule has 7 N–H and O–H groups in total. The molecule has 1 saturated heterocycles. The van der Waals surface area contributed by atoms with Gasteiger partial charge in [-0.05, 0) is 67.7 Å². The van der Waals surface area contributed by atoms with Crippen molar-refractivity contribution in [3.8, 4) is 16.9 Å². The third-order valence-electron chi connectivity index (χ3n) is 9.86. The molecule has 248 valence electrons. The Bertz CT molecular complexity index is 1740.